The van der Waals surface area contributed by atoms with E-state index >= 15 is 0 Å². The largest absolute Gasteiger partial charge is 0.350 e. The van der Waals surface area contributed by atoms with Crippen molar-refractivity contribution in [1.82, 2.24) is 5.43 Å². The molecule has 0 saturated heterocycles. The van der Waals surface area contributed by atoms with E-state index in [2.05, 4.69) is 26.5 Å². The van der Waals surface area contributed by atoms with Crippen LogP contribution in [0.3, 0.4) is 0 Å². The van der Waals surface area contributed by atoms with E-state index in [4.69, 9.17) is 5.73 Å². The highest BCUT2D eigenvalue weighted by Crippen LogP contribution is 2.27. The van der Waals surface area contributed by atoms with Gasteiger partial charge in [-0.2, -0.15) is 5.10 Å². The number of urea groups is 1. The molecule has 2 aromatic carbocycles. The molecule has 2 amide bonds. The molecule has 2 rings (SSSR count). The van der Waals surface area contributed by atoms with Gasteiger partial charge >= 0.3 is 6.03 Å². The summed E-state index contributed by atoms with van der Waals surface area (Å²) in [5.41, 5.74) is 8.90. The summed E-state index contributed by atoms with van der Waals surface area (Å²) in [4.78, 5) is 10.6. The van der Waals surface area contributed by atoms with Crippen molar-refractivity contribution in [1.29, 1.82) is 0 Å². The van der Waals surface area contributed by atoms with Gasteiger partial charge in [0.15, 0.2) is 0 Å². The summed E-state index contributed by atoms with van der Waals surface area (Å²) in [6, 6.07) is 11.2. The van der Waals surface area contributed by atoms with Gasteiger partial charge in [-0.1, -0.05) is 46.3 Å². The number of benzene rings is 2. The van der Waals surface area contributed by atoms with Gasteiger partial charge in [0.25, 0.3) is 0 Å². The number of carbonyl (C=O) groups is 1. The first-order valence-electron chi connectivity index (χ1n) is 5.37. The summed E-state index contributed by atoms with van der Waals surface area (Å²) in [6.45, 7) is 1.83. The molecule has 92 valence electrons. The number of hydrazone groups is 1. The molecule has 3 N–H and O–H groups in total. The molecule has 0 aliphatic carbocycles. The van der Waals surface area contributed by atoms with Crippen molar-refractivity contribution in [3.63, 3.8) is 0 Å². The SMILES string of the molecule is C/C(=N/NC(N)=O)c1ccc(Br)c2ccccc12. The fourth-order valence-electron chi connectivity index (χ4n) is 1.78. The molecule has 2 aromatic rings. The second-order valence-electron chi connectivity index (χ2n) is 3.81. The third-order valence-electron chi connectivity index (χ3n) is 2.59. The quantitative estimate of drug-likeness (QED) is 0.650. The molecule has 0 aliphatic heterocycles. The predicted molar refractivity (Wildman–Crippen MR) is 76.6 cm³/mol. The fourth-order valence-corrected chi connectivity index (χ4v) is 2.25. The Morgan fingerprint density at radius 2 is 1.89 bits per heavy atom. The molecule has 0 atom stereocenters. The minimum absolute atomic E-state index is 0.671. The maximum atomic E-state index is 10.6. The van der Waals surface area contributed by atoms with Gasteiger partial charge in [0, 0.05) is 10.0 Å². The van der Waals surface area contributed by atoms with E-state index in [0.717, 1.165) is 20.8 Å². The zero-order valence-electron chi connectivity index (χ0n) is 9.77. The zero-order valence-corrected chi connectivity index (χ0v) is 11.4. The van der Waals surface area contributed by atoms with Gasteiger partial charge in [0.1, 0.15) is 0 Å². The smallest absolute Gasteiger partial charge is 0.332 e. The average Bonchev–Trinajstić information content (AvgIpc) is 2.37. The predicted octanol–water partition coefficient (Wildman–Crippen LogP) is 2.99. The number of halogens is 1. The lowest BCUT2D eigenvalue weighted by molar-refractivity contribution is 0.249. The second-order valence-corrected chi connectivity index (χ2v) is 4.67. The van der Waals surface area contributed by atoms with E-state index in [1.165, 1.54) is 0 Å². The van der Waals surface area contributed by atoms with Crippen molar-refractivity contribution < 1.29 is 4.79 Å². The van der Waals surface area contributed by atoms with Gasteiger partial charge in [0.2, 0.25) is 0 Å². The maximum absolute atomic E-state index is 10.6. The highest BCUT2D eigenvalue weighted by molar-refractivity contribution is 9.10. The minimum atomic E-state index is -0.671. The highest BCUT2D eigenvalue weighted by atomic mass is 79.9. The summed E-state index contributed by atoms with van der Waals surface area (Å²) >= 11 is 3.51. The number of primary amides is 1. The third kappa shape index (κ3) is 2.51. The van der Waals surface area contributed by atoms with E-state index < -0.39 is 6.03 Å². The molecule has 0 unspecified atom stereocenters. The van der Waals surface area contributed by atoms with Crippen LogP contribution in [-0.4, -0.2) is 11.7 Å². The highest BCUT2D eigenvalue weighted by Gasteiger charge is 2.06. The number of nitrogens with two attached hydrogens (primary N) is 1. The number of nitrogens with one attached hydrogen (secondary N) is 1. The molecular weight excluding hydrogens is 294 g/mol. The van der Waals surface area contributed by atoms with Crippen LogP contribution in [0, 0.1) is 0 Å². The van der Waals surface area contributed by atoms with E-state index in [0.29, 0.717) is 5.71 Å². The molecule has 5 heteroatoms. The number of nitrogens with zero attached hydrogens (tertiary/aromatic N) is 1. The van der Waals surface area contributed by atoms with Crippen LogP contribution in [0.4, 0.5) is 4.79 Å². The van der Waals surface area contributed by atoms with Crippen LogP contribution in [0.5, 0.6) is 0 Å². The standard InChI is InChI=1S/C13H12BrN3O/c1-8(16-17-13(15)18)9-6-7-12(14)11-5-3-2-4-10(9)11/h2-7H,1H3,(H3,15,17,18)/b16-8-. The normalized spacial score (nSPS) is 11.6. The van der Waals surface area contributed by atoms with Crippen LogP contribution >= 0.6 is 15.9 Å². The first-order chi connectivity index (χ1) is 8.59. The molecule has 0 radical (unpaired) electrons. The van der Waals surface area contributed by atoms with Crippen LogP contribution in [0.15, 0.2) is 46.0 Å². The van der Waals surface area contributed by atoms with Crippen LogP contribution in [0.1, 0.15) is 12.5 Å². The summed E-state index contributed by atoms with van der Waals surface area (Å²) in [7, 11) is 0. The lowest BCUT2D eigenvalue weighted by atomic mass is 10.0. The van der Waals surface area contributed by atoms with Gasteiger partial charge in [-0.25, -0.2) is 10.2 Å². The van der Waals surface area contributed by atoms with Crippen molar-refractivity contribution in [3.05, 3.63) is 46.4 Å². The third-order valence-corrected chi connectivity index (χ3v) is 3.29. The van der Waals surface area contributed by atoms with Gasteiger partial charge in [-0.15, -0.1) is 0 Å². The Balaban J connectivity index is 2.55. The first kappa shape index (κ1) is 12.6. The van der Waals surface area contributed by atoms with Gasteiger partial charge < -0.3 is 5.73 Å². The number of fused-ring (bicyclic) bond motifs is 1. The Kier molecular flexibility index (Phi) is 3.62. The van der Waals surface area contributed by atoms with Crippen molar-refractivity contribution in [2.24, 2.45) is 10.8 Å². The second kappa shape index (κ2) is 5.18. The number of rotatable bonds is 2. The van der Waals surface area contributed by atoms with E-state index in [-0.39, 0.29) is 0 Å². The molecule has 0 saturated carbocycles. The Labute approximate surface area is 113 Å². The Bertz CT molecular complexity index is 637. The lowest BCUT2D eigenvalue weighted by Gasteiger charge is -2.07. The Morgan fingerprint density at radius 1 is 1.22 bits per heavy atom. The molecule has 0 aliphatic rings. The summed E-state index contributed by atoms with van der Waals surface area (Å²) in [5.74, 6) is 0. The Hall–Kier alpha value is -1.88. The average molecular weight is 306 g/mol. The van der Waals surface area contributed by atoms with Crippen LogP contribution in [-0.2, 0) is 0 Å². The van der Waals surface area contributed by atoms with E-state index in [9.17, 15) is 4.79 Å². The van der Waals surface area contributed by atoms with Crippen molar-refractivity contribution in [2.45, 2.75) is 6.92 Å². The van der Waals surface area contributed by atoms with Crippen molar-refractivity contribution in [2.75, 3.05) is 0 Å². The number of amides is 2. The molecule has 0 spiro atoms. The summed E-state index contributed by atoms with van der Waals surface area (Å²) in [6.07, 6.45) is 0. The molecule has 18 heavy (non-hydrogen) atoms. The van der Waals surface area contributed by atoms with Gasteiger partial charge in [-0.05, 0) is 23.8 Å². The zero-order chi connectivity index (χ0) is 13.1. The number of hydrogen-bond acceptors (Lipinski definition) is 2. The number of carbonyl (C=O) groups excluding carboxylic acids is 1. The molecule has 0 fully saturated rings. The first-order valence-corrected chi connectivity index (χ1v) is 6.16. The molecule has 0 heterocycles. The van der Waals surface area contributed by atoms with Crippen molar-refractivity contribution >= 4 is 38.4 Å². The Morgan fingerprint density at radius 3 is 2.56 bits per heavy atom. The van der Waals surface area contributed by atoms with E-state index in [1.807, 2.05) is 43.3 Å². The lowest BCUT2D eigenvalue weighted by Crippen LogP contribution is -2.25. The van der Waals surface area contributed by atoms with Crippen molar-refractivity contribution in [3.8, 4) is 0 Å². The monoisotopic (exact) mass is 305 g/mol. The maximum Gasteiger partial charge on any atom is 0.332 e. The topological polar surface area (TPSA) is 67.5 Å². The van der Waals surface area contributed by atoms with E-state index in [1.54, 1.807) is 0 Å². The molecule has 0 aromatic heterocycles. The molecule has 0 bridgehead atoms. The molecule has 4 nitrogen and oxygen atoms in total. The van der Waals surface area contributed by atoms with Crippen LogP contribution < -0.4 is 11.2 Å². The summed E-state index contributed by atoms with van der Waals surface area (Å²) in [5, 5.41) is 6.12. The summed E-state index contributed by atoms with van der Waals surface area (Å²) < 4.78 is 1.03. The fraction of sp³-hybridized carbons (Fsp3) is 0.0769. The van der Waals surface area contributed by atoms with Gasteiger partial charge in [0.05, 0.1) is 5.71 Å². The number of hydrogen-bond donors (Lipinski definition) is 2. The van der Waals surface area contributed by atoms with Crippen LogP contribution in [0.2, 0.25) is 0 Å². The minimum Gasteiger partial charge on any atom is -0.350 e. The van der Waals surface area contributed by atoms with Gasteiger partial charge in [-0.3, -0.25) is 0 Å². The molecular formula is C13H12BrN3O. The van der Waals surface area contributed by atoms with Crippen LogP contribution in [0.25, 0.3) is 10.8 Å².